The molecule has 1 aromatic heterocycles. The Kier molecular flexibility index (Phi) is 5.20. The average molecular weight is 297 g/mol. The summed E-state index contributed by atoms with van der Waals surface area (Å²) < 4.78 is 2.31. The van der Waals surface area contributed by atoms with Crippen LogP contribution in [0.5, 0.6) is 0 Å². The number of halogens is 1. The third-order valence-electron chi connectivity index (χ3n) is 3.15. The van der Waals surface area contributed by atoms with Crippen LogP contribution in [0.15, 0.2) is 24.4 Å². The number of aromatic nitrogens is 1. The Hall–Kier alpha value is -0.640. The number of aryl methyl sites for hydroxylation is 1. The van der Waals surface area contributed by atoms with Crippen molar-refractivity contribution in [2.45, 2.75) is 32.9 Å². The van der Waals surface area contributed by atoms with Gasteiger partial charge in [0.05, 0.1) is 0 Å². The summed E-state index contributed by atoms with van der Waals surface area (Å²) in [6.45, 7) is 5.26. The molecule has 1 aromatic carbocycles. The summed E-state index contributed by atoms with van der Waals surface area (Å²) in [7, 11) is 0. The van der Waals surface area contributed by atoms with Crippen molar-refractivity contribution in [1.29, 1.82) is 0 Å². The zero-order valence-electron chi connectivity index (χ0n) is 11.5. The molecule has 1 heterocycles. The third-order valence-corrected chi connectivity index (χ3v) is 4.26. The van der Waals surface area contributed by atoms with Gasteiger partial charge in [0.2, 0.25) is 0 Å². The molecule has 0 saturated carbocycles. The van der Waals surface area contributed by atoms with Gasteiger partial charge in [-0.2, -0.15) is 11.8 Å². The second-order valence-corrected chi connectivity index (χ2v) is 6.72. The van der Waals surface area contributed by atoms with Gasteiger partial charge >= 0.3 is 0 Å². The monoisotopic (exact) mass is 296 g/mol. The maximum atomic E-state index is 6.12. The van der Waals surface area contributed by atoms with Gasteiger partial charge in [-0.1, -0.05) is 24.6 Å². The van der Waals surface area contributed by atoms with Crippen LogP contribution in [0.2, 0.25) is 5.02 Å². The zero-order chi connectivity index (χ0) is 13.8. The fraction of sp³-hybridized carbons (Fsp3) is 0.467. The van der Waals surface area contributed by atoms with E-state index in [0.29, 0.717) is 0 Å². The molecule has 4 heteroatoms. The van der Waals surface area contributed by atoms with E-state index in [9.17, 15) is 0 Å². The Bertz CT molecular complexity index is 548. The van der Waals surface area contributed by atoms with Crippen LogP contribution in [0.1, 0.15) is 19.4 Å². The van der Waals surface area contributed by atoms with E-state index in [2.05, 4.69) is 29.8 Å². The standard InChI is InChI=1S/C15H21ClN2S/c1-3-19-7-6-18-10-12(8-11(2)17)14-5-4-13(16)9-15(14)18/h4-5,9-11H,3,6-8,17H2,1-2H3. The molecular formula is C15H21ClN2S. The predicted molar refractivity (Wildman–Crippen MR) is 87.3 cm³/mol. The molecule has 1 unspecified atom stereocenters. The number of benzene rings is 1. The lowest BCUT2D eigenvalue weighted by molar-refractivity contribution is 0.732. The van der Waals surface area contributed by atoms with Crippen molar-refractivity contribution in [2.24, 2.45) is 5.73 Å². The van der Waals surface area contributed by atoms with E-state index in [1.165, 1.54) is 16.5 Å². The molecule has 2 aromatic rings. The molecular weight excluding hydrogens is 276 g/mol. The SMILES string of the molecule is CCSCCn1cc(CC(C)N)c2ccc(Cl)cc21. The number of fused-ring (bicyclic) bond motifs is 1. The molecule has 19 heavy (non-hydrogen) atoms. The number of hydrogen-bond donors (Lipinski definition) is 1. The summed E-state index contributed by atoms with van der Waals surface area (Å²) in [5, 5.41) is 2.07. The Morgan fingerprint density at radius 3 is 2.89 bits per heavy atom. The maximum Gasteiger partial charge on any atom is 0.0498 e. The van der Waals surface area contributed by atoms with Crippen molar-refractivity contribution in [2.75, 3.05) is 11.5 Å². The molecule has 0 saturated heterocycles. The van der Waals surface area contributed by atoms with Crippen LogP contribution >= 0.6 is 23.4 Å². The predicted octanol–water partition coefficient (Wildman–Crippen LogP) is 3.94. The van der Waals surface area contributed by atoms with Crippen molar-refractivity contribution >= 4 is 34.3 Å². The van der Waals surface area contributed by atoms with Crippen molar-refractivity contribution < 1.29 is 0 Å². The van der Waals surface area contributed by atoms with E-state index in [1.807, 2.05) is 24.8 Å². The first-order valence-electron chi connectivity index (χ1n) is 6.72. The van der Waals surface area contributed by atoms with Gasteiger partial charge in [-0.25, -0.2) is 0 Å². The van der Waals surface area contributed by atoms with Crippen LogP contribution in [0.3, 0.4) is 0 Å². The molecule has 0 aliphatic carbocycles. The molecule has 104 valence electrons. The Balaban J connectivity index is 2.35. The quantitative estimate of drug-likeness (QED) is 0.819. The van der Waals surface area contributed by atoms with Gasteiger partial charge in [0.15, 0.2) is 0 Å². The highest BCUT2D eigenvalue weighted by Gasteiger charge is 2.10. The normalized spacial score (nSPS) is 13.1. The molecule has 0 aliphatic heterocycles. The highest BCUT2D eigenvalue weighted by molar-refractivity contribution is 7.99. The van der Waals surface area contributed by atoms with Gasteiger partial charge in [0.25, 0.3) is 0 Å². The van der Waals surface area contributed by atoms with Gasteiger partial charge in [0, 0.05) is 40.5 Å². The van der Waals surface area contributed by atoms with Crippen LogP contribution in [0.4, 0.5) is 0 Å². The second-order valence-electron chi connectivity index (χ2n) is 4.89. The summed E-state index contributed by atoms with van der Waals surface area (Å²) in [4.78, 5) is 0. The fourth-order valence-electron chi connectivity index (χ4n) is 2.34. The smallest absolute Gasteiger partial charge is 0.0498 e. The van der Waals surface area contributed by atoms with Crippen LogP contribution in [0, 0.1) is 0 Å². The first kappa shape index (κ1) is 14.8. The number of nitrogens with zero attached hydrogens (tertiary/aromatic N) is 1. The highest BCUT2D eigenvalue weighted by Crippen LogP contribution is 2.26. The Labute approximate surface area is 124 Å². The lowest BCUT2D eigenvalue weighted by Crippen LogP contribution is -2.17. The first-order chi connectivity index (χ1) is 9.11. The van der Waals surface area contributed by atoms with Crippen LogP contribution in [0.25, 0.3) is 10.9 Å². The summed E-state index contributed by atoms with van der Waals surface area (Å²) in [6.07, 6.45) is 3.15. The summed E-state index contributed by atoms with van der Waals surface area (Å²) in [5.74, 6) is 2.29. The highest BCUT2D eigenvalue weighted by atomic mass is 35.5. The van der Waals surface area contributed by atoms with Crippen molar-refractivity contribution in [1.82, 2.24) is 4.57 Å². The molecule has 2 N–H and O–H groups in total. The largest absolute Gasteiger partial charge is 0.346 e. The maximum absolute atomic E-state index is 6.12. The van der Waals surface area contributed by atoms with Crippen LogP contribution < -0.4 is 5.73 Å². The van der Waals surface area contributed by atoms with E-state index in [0.717, 1.165) is 29.5 Å². The van der Waals surface area contributed by atoms with Gasteiger partial charge in [-0.15, -0.1) is 0 Å². The van der Waals surface area contributed by atoms with Gasteiger partial charge < -0.3 is 10.3 Å². The van der Waals surface area contributed by atoms with Gasteiger partial charge in [0.1, 0.15) is 0 Å². The summed E-state index contributed by atoms with van der Waals surface area (Å²) in [5.41, 5.74) is 8.48. The molecule has 1 atom stereocenters. The van der Waals surface area contributed by atoms with Crippen LogP contribution in [-0.4, -0.2) is 22.1 Å². The second kappa shape index (κ2) is 6.69. The third kappa shape index (κ3) is 3.68. The number of rotatable bonds is 6. The fourth-order valence-corrected chi connectivity index (χ4v) is 3.12. The molecule has 0 fully saturated rings. The van der Waals surface area contributed by atoms with E-state index in [-0.39, 0.29) is 6.04 Å². The first-order valence-corrected chi connectivity index (χ1v) is 8.25. The van der Waals surface area contributed by atoms with E-state index in [4.69, 9.17) is 17.3 Å². The van der Waals surface area contributed by atoms with Crippen molar-refractivity contribution in [3.8, 4) is 0 Å². The average Bonchev–Trinajstić information content (AvgIpc) is 2.67. The van der Waals surface area contributed by atoms with Crippen molar-refractivity contribution in [3.05, 3.63) is 35.0 Å². The number of nitrogens with two attached hydrogens (primary N) is 1. The number of thioether (sulfide) groups is 1. The van der Waals surface area contributed by atoms with E-state index < -0.39 is 0 Å². The van der Waals surface area contributed by atoms with E-state index in [1.54, 1.807) is 0 Å². The molecule has 0 bridgehead atoms. The lowest BCUT2D eigenvalue weighted by atomic mass is 10.1. The van der Waals surface area contributed by atoms with Gasteiger partial charge in [-0.05, 0) is 36.8 Å². The lowest BCUT2D eigenvalue weighted by Gasteiger charge is -2.04. The molecule has 2 nitrogen and oxygen atoms in total. The Morgan fingerprint density at radius 2 is 2.21 bits per heavy atom. The minimum absolute atomic E-state index is 0.180. The minimum atomic E-state index is 0.180. The number of hydrogen-bond acceptors (Lipinski definition) is 2. The van der Waals surface area contributed by atoms with E-state index >= 15 is 0 Å². The Morgan fingerprint density at radius 1 is 1.42 bits per heavy atom. The van der Waals surface area contributed by atoms with Gasteiger partial charge in [-0.3, -0.25) is 0 Å². The molecule has 0 aliphatic rings. The molecule has 0 amide bonds. The molecule has 0 spiro atoms. The minimum Gasteiger partial charge on any atom is -0.346 e. The zero-order valence-corrected chi connectivity index (χ0v) is 13.1. The van der Waals surface area contributed by atoms with Crippen molar-refractivity contribution in [3.63, 3.8) is 0 Å². The molecule has 2 rings (SSSR count). The molecule has 0 radical (unpaired) electrons. The summed E-state index contributed by atoms with van der Waals surface area (Å²) in [6, 6.07) is 6.30. The van der Waals surface area contributed by atoms with Crippen LogP contribution in [-0.2, 0) is 13.0 Å². The topological polar surface area (TPSA) is 30.9 Å². The summed E-state index contributed by atoms with van der Waals surface area (Å²) >= 11 is 8.08.